The van der Waals surface area contributed by atoms with Crippen molar-refractivity contribution in [3.05, 3.63) is 29.8 Å². The van der Waals surface area contributed by atoms with Crippen molar-refractivity contribution in [1.29, 1.82) is 0 Å². The molecule has 0 saturated carbocycles. The fraction of sp³-hybridized carbons (Fsp3) is 0.533. The molecule has 0 spiro atoms. The Labute approximate surface area is 122 Å². The van der Waals surface area contributed by atoms with Crippen LogP contribution in [-0.4, -0.2) is 36.1 Å². The van der Waals surface area contributed by atoms with Gasteiger partial charge >= 0.3 is 6.18 Å². The number of nitrogens with zero attached hydrogens (tertiary/aromatic N) is 1. The van der Waals surface area contributed by atoms with Gasteiger partial charge in [-0.3, -0.25) is 4.79 Å². The standard InChI is InChI=1S/C15H19F3N2O/c1-2-9-20(10-15(16,17)18)14(21)13-8-7-11-5-3-4-6-12(11)19-13/h3-6,13,19H,2,7-10H2,1H3. The van der Waals surface area contributed by atoms with E-state index >= 15 is 0 Å². The van der Waals surface area contributed by atoms with Crippen LogP contribution in [0.25, 0.3) is 0 Å². The molecule has 1 amide bonds. The number of benzene rings is 1. The quantitative estimate of drug-likeness (QED) is 0.926. The van der Waals surface area contributed by atoms with Crippen molar-refractivity contribution in [3.63, 3.8) is 0 Å². The van der Waals surface area contributed by atoms with Crippen molar-refractivity contribution in [1.82, 2.24) is 4.90 Å². The molecule has 0 aromatic heterocycles. The van der Waals surface area contributed by atoms with Gasteiger partial charge in [-0.2, -0.15) is 13.2 Å². The lowest BCUT2D eigenvalue weighted by atomic mass is 9.97. The van der Waals surface area contributed by atoms with Crippen molar-refractivity contribution >= 4 is 11.6 Å². The second-order valence-electron chi connectivity index (χ2n) is 5.27. The van der Waals surface area contributed by atoms with Crippen molar-refractivity contribution in [2.75, 3.05) is 18.4 Å². The highest BCUT2D eigenvalue weighted by Gasteiger charge is 2.35. The Hall–Kier alpha value is -1.72. The highest BCUT2D eigenvalue weighted by molar-refractivity contribution is 5.85. The normalized spacial score (nSPS) is 17.8. The monoisotopic (exact) mass is 300 g/mol. The van der Waals surface area contributed by atoms with Gasteiger partial charge in [0.25, 0.3) is 0 Å². The van der Waals surface area contributed by atoms with E-state index < -0.39 is 24.7 Å². The van der Waals surface area contributed by atoms with Crippen molar-refractivity contribution < 1.29 is 18.0 Å². The average Bonchev–Trinajstić information content (AvgIpc) is 2.44. The number of amides is 1. The van der Waals surface area contributed by atoms with Gasteiger partial charge in [0, 0.05) is 12.2 Å². The van der Waals surface area contributed by atoms with Crippen molar-refractivity contribution in [2.24, 2.45) is 0 Å². The Morgan fingerprint density at radius 3 is 2.76 bits per heavy atom. The Kier molecular flexibility index (Phi) is 4.75. The summed E-state index contributed by atoms with van der Waals surface area (Å²) in [5.41, 5.74) is 1.94. The predicted molar refractivity (Wildman–Crippen MR) is 75.1 cm³/mol. The van der Waals surface area contributed by atoms with Crippen LogP contribution >= 0.6 is 0 Å². The first kappa shape index (κ1) is 15.7. The van der Waals surface area contributed by atoms with Gasteiger partial charge in [0.15, 0.2) is 0 Å². The van der Waals surface area contributed by atoms with E-state index in [1.807, 2.05) is 24.3 Å². The third-order valence-electron chi connectivity index (χ3n) is 3.52. The molecule has 0 fully saturated rings. The molecule has 6 heteroatoms. The fourth-order valence-corrected chi connectivity index (χ4v) is 2.60. The van der Waals surface area contributed by atoms with Gasteiger partial charge in [-0.05, 0) is 30.9 Å². The summed E-state index contributed by atoms with van der Waals surface area (Å²) in [6.45, 7) is 0.706. The molecule has 1 unspecified atom stereocenters. The summed E-state index contributed by atoms with van der Waals surface area (Å²) in [7, 11) is 0. The maximum absolute atomic E-state index is 12.6. The first-order valence-corrected chi connectivity index (χ1v) is 7.10. The molecule has 21 heavy (non-hydrogen) atoms. The lowest BCUT2D eigenvalue weighted by molar-refractivity contribution is -0.161. The second-order valence-corrected chi connectivity index (χ2v) is 5.27. The smallest absolute Gasteiger partial charge is 0.373 e. The molecular formula is C15H19F3N2O. The molecule has 1 aliphatic heterocycles. The van der Waals surface area contributed by atoms with E-state index in [2.05, 4.69) is 5.32 Å². The third kappa shape index (κ3) is 4.12. The molecule has 1 atom stereocenters. The Morgan fingerprint density at radius 2 is 2.10 bits per heavy atom. The third-order valence-corrected chi connectivity index (χ3v) is 3.52. The van der Waals surface area contributed by atoms with Crippen LogP contribution in [0.5, 0.6) is 0 Å². The number of halogens is 3. The van der Waals surface area contributed by atoms with Crippen molar-refractivity contribution in [2.45, 2.75) is 38.4 Å². The first-order chi connectivity index (χ1) is 9.90. The molecule has 0 saturated heterocycles. The van der Waals surface area contributed by atoms with E-state index in [0.717, 1.165) is 16.2 Å². The zero-order valence-corrected chi connectivity index (χ0v) is 11.9. The number of fused-ring (bicyclic) bond motifs is 1. The predicted octanol–water partition coefficient (Wildman–Crippen LogP) is 3.21. The SMILES string of the molecule is CCCN(CC(F)(F)F)C(=O)C1CCc2ccccc2N1. The number of hydrogen-bond donors (Lipinski definition) is 1. The summed E-state index contributed by atoms with van der Waals surface area (Å²) in [6, 6.07) is 6.99. The van der Waals surface area contributed by atoms with Crippen LogP contribution in [0, 0.1) is 0 Å². The minimum absolute atomic E-state index is 0.123. The van der Waals surface area contributed by atoms with Crippen LogP contribution in [0.4, 0.5) is 18.9 Å². The number of aryl methyl sites for hydroxylation is 1. The van der Waals surface area contributed by atoms with Gasteiger partial charge in [0.1, 0.15) is 12.6 Å². The molecule has 116 valence electrons. The second kappa shape index (κ2) is 6.37. The van der Waals surface area contributed by atoms with Crippen LogP contribution in [0.2, 0.25) is 0 Å². The summed E-state index contributed by atoms with van der Waals surface area (Å²) in [5.74, 6) is -0.469. The summed E-state index contributed by atoms with van der Waals surface area (Å²) in [5, 5.41) is 3.06. The molecule has 1 aromatic carbocycles. The summed E-state index contributed by atoms with van der Waals surface area (Å²) in [6.07, 6.45) is -2.64. The van der Waals surface area contributed by atoms with E-state index in [9.17, 15) is 18.0 Å². The van der Waals surface area contributed by atoms with Gasteiger partial charge < -0.3 is 10.2 Å². The number of anilines is 1. The van der Waals surface area contributed by atoms with Gasteiger partial charge in [0.05, 0.1) is 0 Å². The van der Waals surface area contributed by atoms with E-state index in [4.69, 9.17) is 0 Å². The minimum Gasteiger partial charge on any atom is -0.373 e. The van der Waals surface area contributed by atoms with E-state index in [1.165, 1.54) is 0 Å². The van der Waals surface area contributed by atoms with Crippen molar-refractivity contribution in [3.8, 4) is 0 Å². The average molecular weight is 300 g/mol. The van der Waals surface area contributed by atoms with Gasteiger partial charge in [-0.15, -0.1) is 0 Å². The van der Waals surface area contributed by atoms with E-state index in [0.29, 0.717) is 19.3 Å². The molecule has 1 N–H and O–H groups in total. The van der Waals surface area contributed by atoms with Crippen LogP contribution in [-0.2, 0) is 11.2 Å². The number of nitrogens with one attached hydrogen (secondary N) is 1. The molecule has 1 aromatic rings. The van der Waals surface area contributed by atoms with E-state index in [1.54, 1.807) is 6.92 Å². The Balaban J connectivity index is 2.08. The Bertz CT molecular complexity index is 502. The number of alkyl halides is 3. The summed E-state index contributed by atoms with van der Waals surface area (Å²) < 4.78 is 37.7. The summed E-state index contributed by atoms with van der Waals surface area (Å²) in [4.78, 5) is 13.2. The van der Waals surface area contributed by atoms with Gasteiger partial charge in [-0.1, -0.05) is 25.1 Å². The molecule has 2 rings (SSSR count). The molecular weight excluding hydrogens is 281 g/mol. The number of rotatable bonds is 4. The van der Waals surface area contributed by atoms with Gasteiger partial charge in [-0.25, -0.2) is 0 Å². The lowest BCUT2D eigenvalue weighted by Gasteiger charge is -2.31. The molecule has 3 nitrogen and oxygen atoms in total. The summed E-state index contributed by atoms with van der Waals surface area (Å²) >= 11 is 0. The van der Waals surface area contributed by atoms with Crippen LogP contribution in [0.3, 0.4) is 0 Å². The highest BCUT2D eigenvalue weighted by Crippen LogP contribution is 2.26. The minimum atomic E-state index is -4.36. The number of para-hydroxylation sites is 1. The zero-order valence-electron chi connectivity index (χ0n) is 11.9. The maximum Gasteiger partial charge on any atom is 0.406 e. The number of carbonyl (C=O) groups excluding carboxylic acids is 1. The molecule has 0 bridgehead atoms. The Morgan fingerprint density at radius 1 is 1.38 bits per heavy atom. The van der Waals surface area contributed by atoms with E-state index in [-0.39, 0.29) is 6.54 Å². The van der Waals surface area contributed by atoms with Crippen LogP contribution in [0.15, 0.2) is 24.3 Å². The molecule has 1 heterocycles. The molecule has 1 aliphatic rings. The van der Waals surface area contributed by atoms with Crippen LogP contribution in [0.1, 0.15) is 25.3 Å². The molecule has 0 radical (unpaired) electrons. The fourth-order valence-electron chi connectivity index (χ4n) is 2.60. The highest BCUT2D eigenvalue weighted by atomic mass is 19.4. The molecule has 0 aliphatic carbocycles. The largest absolute Gasteiger partial charge is 0.406 e. The maximum atomic E-state index is 12.6. The van der Waals surface area contributed by atoms with Crippen LogP contribution < -0.4 is 5.32 Å². The number of carbonyl (C=O) groups is 1. The zero-order chi connectivity index (χ0) is 15.5. The lowest BCUT2D eigenvalue weighted by Crippen LogP contribution is -2.48. The topological polar surface area (TPSA) is 32.3 Å². The first-order valence-electron chi connectivity index (χ1n) is 7.10. The number of hydrogen-bond acceptors (Lipinski definition) is 2. The van der Waals surface area contributed by atoms with Gasteiger partial charge in [0.2, 0.25) is 5.91 Å².